The lowest BCUT2D eigenvalue weighted by Crippen LogP contribution is -2.17. The van der Waals surface area contributed by atoms with E-state index in [0.717, 1.165) is 28.8 Å². The van der Waals surface area contributed by atoms with Crippen molar-refractivity contribution in [2.24, 2.45) is 0 Å². The number of halogens is 1. The van der Waals surface area contributed by atoms with Gasteiger partial charge in [0, 0.05) is 17.6 Å². The molecular weight excluding hydrogens is 300 g/mol. The predicted octanol–water partition coefficient (Wildman–Crippen LogP) is 4.61. The number of nitriles is 1. The van der Waals surface area contributed by atoms with E-state index in [1.54, 1.807) is 0 Å². The zero-order valence-electron chi connectivity index (χ0n) is 10.8. The van der Waals surface area contributed by atoms with E-state index in [9.17, 15) is 5.26 Å². The van der Waals surface area contributed by atoms with Gasteiger partial charge in [-0.15, -0.1) is 0 Å². The summed E-state index contributed by atoms with van der Waals surface area (Å²) in [5.74, 6) is 0. The second-order valence-electron chi connectivity index (χ2n) is 4.18. The first kappa shape index (κ1) is 13.6. The number of hydrogen-bond donors (Lipinski definition) is 0. The Morgan fingerprint density at radius 2 is 1.89 bits per heavy atom. The lowest BCUT2D eigenvalue weighted by atomic mass is 10.1. The normalized spacial score (nSPS) is 9.95. The molecule has 0 spiro atoms. The van der Waals surface area contributed by atoms with Crippen molar-refractivity contribution in [1.29, 1.82) is 5.26 Å². The fraction of sp³-hybridized carbons (Fsp3) is 0.188. The van der Waals surface area contributed by atoms with Gasteiger partial charge in [0.25, 0.3) is 0 Å². The van der Waals surface area contributed by atoms with Crippen LogP contribution >= 0.6 is 15.9 Å². The Morgan fingerprint density at radius 3 is 2.47 bits per heavy atom. The lowest BCUT2D eigenvalue weighted by molar-refractivity contribution is 1.02. The molecule has 3 heteroatoms. The zero-order valence-corrected chi connectivity index (χ0v) is 12.4. The molecule has 2 nitrogen and oxygen atoms in total. The van der Waals surface area contributed by atoms with Crippen LogP contribution in [0, 0.1) is 11.3 Å². The number of benzene rings is 2. The fourth-order valence-corrected chi connectivity index (χ4v) is 2.44. The van der Waals surface area contributed by atoms with Crippen LogP contribution in [0.15, 0.2) is 48.5 Å². The Labute approximate surface area is 122 Å². The summed E-state index contributed by atoms with van der Waals surface area (Å²) in [6, 6.07) is 18.4. The van der Waals surface area contributed by atoms with E-state index in [4.69, 9.17) is 0 Å². The van der Waals surface area contributed by atoms with E-state index < -0.39 is 0 Å². The third-order valence-electron chi connectivity index (χ3n) is 3.01. The molecule has 2 aromatic carbocycles. The van der Waals surface area contributed by atoms with Gasteiger partial charge in [0.05, 0.1) is 11.3 Å². The molecule has 0 aliphatic carbocycles. The molecule has 0 N–H and O–H groups in total. The maximum Gasteiger partial charge on any atom is 0.101 e. The molecule has 0 saturated carbocycles. The number of para-hydroxylation sites is 1. The SMILES string of the molecule is CCN(c1ccccc1)c1ccc(CBr)cc1C#N. The first-order valence-electron chi connectivity index (χ1n) is 6.21. The Kier molecular flexibility index (Phi) is 4.59. The number of hydrogen-bond acceptors (Lipinski definition) is 2. The van der Waals surface area contributed by atoms with Crippen molar-refractivity contribution in [2.45, 2.75) is 12.3 Å². The molecule has 19 heavy (non-hydrogen) atoms. The van der Waals surface area contributed by atoms with Crippen molar-refractivity contribution in [1.82, 2.24) is 0 Å². The second-order valence-corrected chi connectivity index (χ2v) is 4.74. The van der Waals surface area contributed by atoms with Crippen LogP contribution in [0.1, 0.15) is 18.1 Å². The lowest BCUT2D eigenvalue weighted by Gasteiger charge is -2.24. The summed E-state index contributed by atoms with van der Waals surface area (Å²) >= 11 is 3.42. The second kappa shape index (κ2) is 6.40. The average Bonchev–Trinajstić information content (AvgIpc) is 2.49. The van der Waals surface area contributed by atoms with E-state index >= 15 is 0 Å². The van der Waals surface area contributed by atoms with Gasteiger partial charge in [-0.1, -0.05) is 40.2 Å². The maximum absolute atomic E-state index is 9.34. The molecule has 0 heterocycles. The van der Waals surface area contributed by atoms with Crippen molar-refractivity contribution in [2.75, 3.05) is 11.4 Å². The molecule has 0 saturated heterocycles. The molecule has 96 valence electrons. The van der Waals surface area contributed by atoms with Crippen LogP contribution in [-0.4, -0.2) is 6.54 Å². The minimum atomic E-state index is 0.711. The fourth-order valence-electron chi connectivity index (χ4n) is 2.09. The van der Waals surface area contributed by atoms with Crippen LogP contribution in [0.3, 0.4) is 0 Å². The minimum Gasteiger partial charge on any atom is -0.341 e. The van der Waals surface area contributed by atoms with Crippen molar-refractivity contribution in [3.8, 4) is 6.07 Å². The standard InChI is InChI=1S/C16H15BrN2/c1-2-19(15-6-4-3-5-7-15)16-9-8-13(11-17)10-14(16)12-18/h3-10H,2,11H2,1H3. The Morgan fingerprint density at radius 1 is 1.16 bits per heavy atom. The summed E-state index contributed by atoms with van der Waals surface area (Å²) in [5.41, 5.74) is 3.89. The van der Waals surface area contributed by atoms with E-state index in [0.29, 0.717) is 5.56 Å². The van der Waals surface area contributed by atoms with Crippen LogP contribution < -0.4 is 4.90 Å². The number of alkyl halides is 1. The van der Waals surface area contributed by atoms with Gasteiger partial charge in [-0.2, -0.15) is 5.26 Å². The summed E-state index contributed by atoms with van der Waals surface area (Å²) < 4.78 is 0. The van der Waals surface area contributed by atoms with Crippen LogP contribution in [0.25, 0.3) is 0 Å². The van der Waals surface area contributed by atoms with Gasteiger partial charge < -0.3 is 4.90 Å². The Hall–Kier alpha value is -1.79. The molecule has 0 bridgehead atoms. The Balaban J connectivity index is 2.47. The van der Waals surface area contributed by atoms with Gasteiger partial charge >= 0.3 is 0 Å². The first-order chi connectivity index (χ1) is 9.30. The Bertz CT molecular complexity index is 587. The maximum atomic E-state index is 9.34. The third kappa shape index (κ3) is 2.97. The first-order valence-corrected chi connectivity index (χ1v) is 7.34. The number of rotatable bonds is 4. The van der Waals surface area contributed by atoms with Crippen molar-refractivity contribution in [3.05, 3.63) is 59.7 Å². The van der Waals surface area contributed by atoms with E-state index in [1.165, 1.54) is 0 Å². The molecule has 0 radical (unpaired) electrons. The molecule has 2 aromatic rings. The van der Waals surface area contributed by atoms with Gasteiger partial charge in [-0.3, -0.25) is 0 Å². The molecule has 0 aliphatic heterocycles. The topological polar surface area (TPSA) is 27.0 Å². The van der Waals surface area contributed by atoms with Gasteiger partial charge in [0.1, 0.15) is 6.07 Å². The molecule has 0 aliphatic rings. The van der Waals surface area contributed by atoms with Crippen molar-refractivity contribution < 1.29 is 0 Å². The molecule has 0 unspecified atom stereocenters. The van der Waals surface area contributed by atoms with Crippen LogP contribution in [0.2, 0.25) is 0 Å². The molecular formula is C16H15BrN2. The van der Waals surface area contributed by atoms with Crippen molar-refractivity contribution in [3.63, 3.8) is 0 Å². The average molecular weight is 315 g/mol. The third-order valence-corrected chi connectivity index (χ3v) is 3.66. The van der Waals surface area contributed by atoms with E-state index in [-0.39, 0.29) is 0 Å². The monoisotopic (exact) mass is 314 g/mol. The molecule has 0 fully saturated rings. The molecule has 0 atom stereocenters. The summed E-state index contributed by atoms with van der Waals surface area (Å²) in [6.07, 6.45) is 0. The quantitative estimate of drug-likeness (QED) is 0.770. The highest BCUT2D eigenvalue weighted by Gasteiger charge is 2.11. The predicted molar refractivity (Wildman–Crippen MR) is 82.9 cm³/mol. The summed E-state index contributed by atoms with van der Waals surface area (Å²) in [5, 5.41) is 10.1. The van der Waals surface area contributed by atoms with Gasteiger partial charge in [-0.25, -0.2) is 0 Å². The smallest absolute Gasteiger partial charge is 0.101 e. The number of nitrogens with zero attached hydrogens (tertiary/aromatic N) is 2. The summed E-state index contributed by atoms with van der Waals surface area (Å²) in [7, 11) is 0. The largest absolute Gasteiger partial charge is 0.341 e. The zero-order chi connectivity index (χ0) is 13.7. The van der Waals surface area contributed by atoms with Crippen LogP contribution in [-0.2, 0) is 5.33 Å². The summed E-state index contributed by atoms with van der Waals surface area (Å²) in [6.45, 7) is 2.92. The van der Waals surface area contributed by atoms with E-state index in [2.05, 4.69) is 52.0 Å². The molecule has 2 rings (SSSR count). The highest BCUT2D eigenvalue weighted by Crippen LogP contribution is 2.29. The van der Waals surface area contributed by atoms with Crippen molar-refractivity contribution >= 4 is 27.3 Å². The molecule has 0 aromatic heterocycles. The van der Waals surface area contributed by atoms with Crippen LogP contribution in [0.5, 0.6) is 0 Å². The molecule has 0 amide bonds. The minimum absolute atomic E-state index is 0.711. The van der Waals surface area contributed by atoms with Gasteiger partial charge in [0.2, 0.25) is 0 Å². The highest BCUT2D eigenvalue weighted by molar-refractivity contribution is 9.08. The highest BCUT2D eigenvalue weighted by atomic mass is 79.9. The van der Waals surface area contributed by atoms with E-state index in [1.807, 2.05) is 30.3 Å². The number of anilines is 2. The van der Waals surface area contributed by atoms with Crippen LogP contribution in [0.4, 0.5) is 11.4 Å². The van der Waals surface area contributed by atoms with Gasteiger partial charge in [0.15, 0.2) is 0 Å². The summed E-state index contributed by atoms with van der Waals surface area (Å²) in [4.78, 5) is 2.15. The van der Waals surface area contributed by atoms with Gasteiger partial charge in [-0.05, 0) is 36.8 Å².